The second-order valence-corrected chi connectivity index (χ2v) is 5.33. The minimum Gasteiger partial charge on any atom is -0.392 e. The van der Waals surface area contributed by atoms with E-state index in [4.69, 9.17) is 22.5 Å². The fraction of sp³-hybridized carbons (Fsp3) is 0.667. The molecular weight excluding hydrogens is 264 g/mol. The Morgan fingerprint density at radius 3 is 2.74 bits per heavy atom. The van der Waals surface area contributed by atoms with Crippen molar-refractivity contribution in [2.24, 2.45) is 11.1 Å². The van der Waals surface area contributed by atoms with Gasteiger partial charge in [-0.1, -0.05) is 30.2 Å². The Labute approximate surface area is 117 Å². The van der Waals surface area contributed by atoms with E-state index in [1.165, 1.54) is 0 Å². The van der Waals surface area contributed by atoms with Crippen LogP contribution in [0, 0.1) is 12.3 Å². The van der Waals surface area contributed by atoms with Crippen molar-refractivity contribution in [2.75, 3.05) is 6.54 Å². The highest BCUT2D eigenvalue weighted by atomic mass is 32.1. The van der Waals surface area contributed by atoms with E-state index >= 15 is 0 Å². The molecule has 1 amide bonds. The van der Waals surface area contributed by atoms with E-state index in [1.54, 1.807) is 6.92 Å². The Kier molecular flexibility index (Phi) is 4.14. The van der Waals surface area contributed by atoms with Gasteiger partial charge >= 0.3 is 0 Å². The molecule has 7 heteroatoms. The van der Waals surface area contributed by atoms with E-state index in [-0.39, 0.29) is 5.91 Å². The van der Waals surface area contributed by atoms with Gasteiger partial charge in [0.05, 0.1) is 10.4 Å². The number of rotatable bonds is 5. The molecule has 1 saturated carbocycles. The lowest BCUT2D eigenvalue weighted by atomic mass is 9.85. The number of amides is 1. The molecule has 1 heterocycles. The number of hydrogen-bond acceptors (Lipinski definition) is 5. The molecule has 1 aromatic rings. The smallest absolute Gasteiger partial charge is 0.233 e. The summed E-state index contributed by atoms with van der Waals surface area (Å²) in [5, 5.41) is 6.65. The molecule has 2 rings (SSSR count). The first kappa shape index (κ1) is 13.9. The highest BCUT2D eigenvalue weighted by molar-refractivity contribution is 7.80. The summed E-state index contributed by atoms with van der Waals surface area (Å²) in [7, 11) is 0. The average Bonchev–Trinajstić information content (AvgIpc) is 2.98. The first-order chi connectivity index (χ1) is 9.04. The molecule has 1 fully saturated rings. The predicted octanol–water partition coefficient (Wildman–Crippen LogP) is 0.883. The van der Waals surface area contributed by atoms with Gasteiger partial charge in [0.15, 0.2) is 5.82 Å². The van der Waals surface area contributed by atoms with Crippen LogP contribution in [-0.4, -0.2) is 27.6 Å². The van der Waals surface area contributed by atoms with Crippen LogP contribution in [-0.2, 0) is 11.2 Å². The molecule has 1 aliphatic carbocycles. The van der Waals surface area contributed by atoms with Gasteiger partial charge in [0.1, 0.15) is 0 Å². The number of aromatic nitrogens is 2. The molecule has 0 atom stereocenters. The Morgan fingerprint density at radius 2 is 2.21 bits per heavy atom. The number of nitrogens with one attached hydrogen (secondary N) is 1. The summed E-state index contributed by atoms with van der Waals surface area (Å²) in [4.78, 5) is 16.6. The summed E-state index contributed by atoms with van der Waals surface area (Å²) in [6.45, 7) is 2.19. The van der Waals surface area contributed by atoms with Crippen LogP contribution in [0.1, 0.15) is 37.4 Å². The molecule has 0 spiro atoms. The van der Waals surface area contributed by atoms with Crippen LogP contribution in [0.3, 0.4) is 0 Å². The number of carbonyl (C=O) groups is 1. The molecule has 1 aromatic heterocycles. The number of aryl methyl sites for hydroxylation is 1. The molecule has 3 N–H and O–H groups in total. The van der Waals surface area contributed by atoms with Crippen molar-refractivity contribution in [1.29, 1.82) is 0 Å². The normalized spacial score (nSPS) is 17.3. The zero-order valence-corrected chi connectivity index (χ0v) is 11.8. The standard InChI is InChI=1S/C12H18N4O2S/c1-8-15-9(16-18-8)4-7-14-11(17)12(10(13)19)5-2-3-6-12/h2-7H2,1H3,(H2,13,19)(H,14,17). The van der Waals surface area contributed by atoms with Gasteiger partial charge in [0.25, 0.3) is 0 Å². The fourth-order valence-corrected chi connectivity index (χ4v) is 2.76. The molecule has 0 saturated heterocycles. The van der Waals surface area contributed by atoms with Crippen LogP contribution in [0.4, 0.5) is 0 Å². The Balaban J connectivity index is 1.88. The van der Waals surface area contributed by atoms with E-state index in [0.717, 1.165) is 25.7 Å². The molecule has 0 aliphatic heterocycles. The van der Waals surface area contributed by atoms with Crippen molar-refractivity contribution < 1.29 is 9.32 Å². The van der Waals surface area contributed by atoms with Gasteiger partial charge in [0.2, 0.25) is 11.8 Å². The molecule has 1 aliphatic rings. The molecule has 0 bridgehead atoms. The van der Waals surface area contributed by atoms with E-state index in [1.807, 2.05) is 0 Å². The van der Waals surface area contributed by atoms with Crippen molar-refractivity contribution in [3.05, 3.63) is 11.7 Å². The van der Waals surface area contributed by atoms with E-state index in [2.05, 4.69) is 15.5 Å². The van der Waals surface area contributed by atoms with Gasteiger partial charge in [-0.2, -0.15) is 4.98 Å². The summed E-state index contributed by atoms with van der Waals surface area (Å²) in [6, 6.07) is 0. The fourth-order valence-electron chi connectivity index (χ4n) is 2.46. The van der Waals surface area contributed by atoms with Crippen LogP contribution >= 0.6 is 12.2 Å². The highest BCUT2D eigenvalue weighted by Gasteiger charge is 2.43. The van der Waals surface area contributed by atoms with Crippen LogP contribution in [0.5, 0.6) is 0 Å². The number of thiocarbonyl (C=S) groups is 1. The molecular formula is C12H18N4O2S. The molecule has 104 valence electrons. The maximum Gasteiger partial charge on any atom is 0.233 e. The van der Waals surface area contributed by atoms with Crippen LogP contribution in [0.25, 0.3) is 0 Å². The first-order valence-corrected chi connectivity index (χ1v) is 6.83. The van der Waals surface area contributed by atoms with Crippen molar-refractivity contribution in [1.82, 2.24) is 15.5 Å². The third-order valence-corrected chi connectivity index (χ3v) is 3.96. The zero-order valence-electron chi connectivity index (χ0n) is 10.9. The van der Waals surface area contributed by atoms with Gasteiger partial charge in [0, 0.05) is 19.9 Å². The summed E-state index contributed by atoms with van der Waals surface area (Å²) < 4.78 is 4.87. The zero-order chi connectivity index (χ0) is 13.9. The Bertz CT molecular complexity index is 480. The third kappa shape index (κ3) is 2.91. The van der Waals surface area contributed by atoms with Gasteiger partial charge in [-0.25, -0.2) is 0 Å². The number of nitrogens with two attached hydrogens (primary N) is 1. The Morgan fingerprint density at radius 1 is 1.53 bits per heavy atom. The van der Waals surface area contributed by atoms with E-state index in [9.17, 15) is 4.79 Å². The Hall–Kier alpha value is -1.50. The highest BCUT2D eigenvalue weighted by Crippen LogP contribution is 2.38. The average molecular weight is 282 g/mol. The van der Waals surface area contributed by atoms with Gasteiger partial charge in [-0.3, -0.25) is 4.79 Å². The van der Waals surface area contributed by atoms with Crippen molar-refractivity contribution in [3.63, 3.8) is 0 Å². The lowest BCUT2D eigenvalue weighted by molar-refractivity contribution is -0.127. The van der Waals surface area contributed by atoms with Crippen molar-refractivity contribution in [2.45, 2.75) is 39.0 Å². The second-order valence-electron chi connectivity index (χ2n) is 4.89. The minimum atomic E-state index is -0.650. The van der Waals surface area contributed by atoms with Crippen LogP contribution in [0.2, 0.25) is 0 Å². The summed E-state index contributed by atoms with van der Waals surface area (Å²) in [6.07, 6.45) is 4.02. The van der Waals surface area contributed by atoms with Crippen molar-refractivity contribution >= 4 is 23.1 Å². The largest absolute Gasteiger partial charge is 0.392 e. The van der Waals surface area contributed by atoms with Gasteiger partial charge in [-0.15, -0.1) is 0 Å². The van der Waals surface area contributed by atoms with Gasteiger partial charge in [-0.05, 0) is 12.8 Å². The number of hydrogen-bond donors (Lipinski definition) is 2. The first-order valence-electron chi connectivity index (χ1n) is 6.42. The molecule has 0 aromatic carbocycles. The summed E-state index contributed by atoms with van der Waals surface area (Å²) >= 11 is 5.07. The van der Waals surface area contributed by atoms with Crippen LogP contribution < -0.4 is 11.1 Å². The van der Waals surface area contributed by atoms with Crippen molar-refractivity contribution in [3.8, 4) is 0 Å². The third-order valence-electron chi connectivity index (χ3n) is 3.57. The summed E-state index contributed by atoms with van der Waals surface area (Å²) in [5.74, 6) is 1.04. The maximum atomic E-state index is 12.3. The molecule has 6 nitrogen and oxygen atoms in total. The minimum absolute atomic E-state index is 0.0716. The molecule has 19 heavy (non-hydrogen) atoms. The van der Waals surface area contributed by atoms with E-state index in [0.29, 0.717) is 29.7 Å². The quantitative estimate of drug-likeness (QED) is 0.779. The number of nitrogens with zero attached hydrogens (tertiary/aromatic N) is 2. The van der Waals surface area contributed by atoms with Gasteiger partial charge < -0.3 is 15.6 Å². The number of carbonyl (C=O) groups excluding carboxylic acids is 1. The van der Waals surface area contributed by atoms with Crippen LogP contribution in [0.15, 0.2) is 4.52 Å². The predicted molar refractivity (Wildman–Crippen MR) is 73.4 cm³/mol. The lowest BCUT2D eigenvalue weighted by Gasteiger charge is -2.26. The van der Waals surface area contributed by atoms with E-state index < -0.39 is 5.41 Å². The topological polar surface area (TPSA) is 94.0 Å². The lowest BCUT2D eigenvalue weighted by Crippen LogP contribution is -2.47. The molecule has 0 radical (unpaired) electrons. The summed E-state index contributed by atoms with van der Waals surface area (Å²) in [5.41, 5.74) is 5.10. The molecule has 0 unspecified atom stereocenters. The maximum absolute atomic E-state index is 12.3. The second kappa shape index (κ2) is 5.64. The monoisotopic (exact) mass is 282 g/mol. The SMILES string of the molecule is Cc1nc(CCNC(=O)C2(C(N)=S)CCCC2)no1.